The van der Waals surface area contributed by atoms with E-state index in [-0.39, 0.29) is 23.6 Å². The smallest absolute Gasteiger partial charge is 0.326 e. The molecule has 162 valence electrons. The van der Waals surface area contributed by atoms with Crippen molar-refractivity contribution in [1.82, 2.24) is 9.44 Å². The molecule has 1 atom stereocenters. The van der Waals surface area contributed by atoms with Crippen LogP contribution in [0, 0.1) is 0 Å². The number of nitrogens with one attached hydrogen (secondary N) is 2. The lowest BCUT2D eigenvalue weighted by Gasteiger charge is -2.20. The molecule has 3 N–H and O–H groups in total. The van der Waals surface area contributed by atoms with Crippen LogP contribution >= 0.6 is 0 Å². The van der Waals surface area contributed by atoms with Crippen LogP contribution in [0.4, 0.5) is 5.69 Å². The largest absolute Gasteiger partial charge is 0.506 e. The molecule has 9 nitrogen and oxygen atoms in total. The third-order valence-corrected chi connectivity index (χ3v) is 7.51. The van der Waals surface area contributed by atoms with Crippen molar-refractivity contribution < 1.29 is 26.7 Å². The molecule has 0 radical (unpaired) electrons. The van der Waals surface area contributed by atoms with E-state index in [1.165, 1.54) is 12.1 Å². The van der Waals surface area contributed by atoms with Gasteiger partial charge in [0.25, 0.3) is 5.91 Å². The van der Waals surface area contributed by atoms with Gasteiger partial charge in [-0.1, -0.05) is 36.4 Å². The van der Waals surface area contributed by atoms with Crippen LogP contribution in [0.3, 0.4) is 0 Å². The van der Waals surface area contributed by atoms with Crippen LogP contribution in [0.15, 0.2) is 48.5 Å². The number of amides is 1. The van der Waals surface area contributed by atoms with Gasteiger partial charge in [0, 0.05) is 6.04 Å². The van der Waals surface area contributed by atoms with Gasteiger partial charge in [-0.2, -0.15) is 8.42 Å². The van der Waals surface area contributed by atoms with Crippen molar-refractivity contribution in [2.45, 2.75) is 25.8 Å². The van der Waals surface area contributed by atoms with Crippen molar-refractivity contribution in [3.05, 3.63) is 59.7 Å². The van der Waals surface area contributed by atoms with Crippen LogP contribution in [0.1, 0.15) is 18.1 Å². The van der Waals surface area contributed by atoms with Gasteiger partial charge in [0.1, 0.15) is 12.3 Å². The fourth-order valence-electron chi connectivity index (χ4n) is 3.24. The maximum Gasteiger partial charge on any atom is 0.326 e. The molecule has 30 heavy (non-hydrogen) atoms. The SMILES string of the molecule is CCS(=O)(=O)N[C@@H](Cc1ccccc1)Cc1ccc(N2CC(=O)NS2(=O)=O)c(O)c1. The van der Waals surface area contributed by atoms with Crippen molar-refractivity contribution in [2.75, 3.05) is 16.6 Å². The second-order valence-corrected chi connectivity index (χ2v) is 10.6. The summed E-state index contributed by atoms with van der Waals surface area (Å²) >= 11 is 0. The number of carbonyl (C=O) groups is 1. The number of hydrogen-bond acceptors (Lipinski definition) is 6. The number of carbonyl (C=O) groups excluding carboxylic acids is 1. The van der Waals surface area contributed by atoms with E-state index in [1.54, 1.807) is 13.0 Å². The third-order valence-electron chi connectivity index (χ3n) is 4.66. The molecule has 11 heteroatoms. The Labute approximate surface area is 176 Å². The number of sulfonamides is 1. The number of benzene rings is 2. The van der Waals surface area contributed by atoms with Crippen LogP contribution in [0.5, 0.6) is 5.75 Å². The summed E-state index contributed by atoms with van der Waals surface area (Å²) in [5, 5.41) is 10.4. The van der Waals surface area contributed by atoms with Crippen molar-refractivity contribution in [3.8, 4) is 5.75 Å². The van der Waals surface area contributed by atoms with Crippen molar-refractivity contribution in [1.29, 1.82) is 0 Å². The molecular formula is C19H23N3O6S2. The summed E-state index contributed by atoms with van der Waals surface area (Å²) in [5.41, 5.74) is 1.55. The predicted molar refractivity (Wildman–Crippen MR) is 113 cm³/mol. The molecule has 0 aromatic heterocycles. The van der Waals surface area contributed by atoms with Gasteiger partial charge < -0.3 is 5.11 Å². The molecule has 1 heterocycles. The zero-order chi connectivity index (χ0) is 21.9. The van der Waals surface area contributed by atoms with Crippen molar-refractivity contribution >= 4 is 31.8 Å². The molecule has 0 aliphatic carbocycles. The number of aromatic hydroxyl groups is 1. The van der Waals surface area contributed by atoms with E-state index in [0.717, 1.165) is 9.87 Å². The Bertz CT molecular complexity index is 1130. The van der Waals surface area contributed by atoms with Gasteiger partial charge in [-0.15, -0.1) is 0 Å². The highest BCUT2D eigenvalue weighted by Crippen LogP contribution is 2.31. The van der Waals surface area contributed by atoms with Crippen LogP contribution in [-0.2, 0) is 37.9 Å². The minimum Gasteiger partial charge on any atom is -0.506 e. The van der Waals surface area contributed by atoms with E-state index in [1.807, 2.05) is 35.1 Å². The Morgan fingerprint density at radius 1 is 1.13 bits per heavy atom. The molecule has 1 aliphatic heterocycles. The zero-order valence-corrected chi connectivity index (χ0v) is 17.9. The molecule has 1 saturated heterocycles. The standard InChI is InChI=1S/C19H23N3O6S2/c1-2-29(25,26)20-16(10-14-6-4-3-5-7-14)11-15-8-9-17(18(23)12-15)22-13-19(24)21-30(22,27)28/h3-9,12,16,20,23H,2,10-11,13H2,1H3,(H,21,24)/t16-/m0/s1. The van der Waals surface area contributed by atoms with Gasteiger partial charge in [0.05, 0.1) is 11.4 Å². The summed E-state index contributed by atoms with van der Waals surface area (Å²) < 4.78 is 53.5. The average molecular weight is 454 g/mol. The topological polar surface area (TPSA) is 133 Å². The second-order valence-electron chi connectivity index (χ2n) is 6.97. The molecule has 1 aliphatic rings. The maximum absolute atomic E-state index is 12.1. The lowest BCUT2D eigenvalue weighted by Crippen LogP contribution is -2.38. The van der Waals surface area contributed by atoms with E-state index >= 15 is 0 Å². The summed E-state index contributed by atoms with van der Waals surface area (Å²) in [6.07, 6.45) is 0.730. The van der Waals surface area contributed by atoms with Crippen molar-refractivity contribution in [2.24, 2.45) is 0 Å². The van der Waals surface area contributed by atoms with E-state index in [9.17, 15) is 26.7 Å². The van der Waals surface area contributed by atoms with Gasteiger partial charge in [-0.25, -0.2) is 22.2 Å². The van der Waals surface area contributed by atoms with E-state index < -0.39 is 38.7 Å². The highest BCUT2D eigenvalue weighted by atomic mass is 32.2. The predicted octanol–water partition coefficient (Wildman–Crippen LogP) is 0.666. The van der Waals surface area contributed by atoms with Crippen LogP contribution < -0.4 is 13.7 Å². The molecule has 1 amide bonds. The first-order valence-electron chi connectivity index (χ1n) is 9.29. The third kappa shape index (κ3) is 5.29. The summed E-state index contributed by atoms with van der Waals surface area (Å²) in [6, 6.07) is 13.3. The zero-order valence-electron chi connectivity index (χ0n) is 16.3. The molecule has 1 fully saturated rings. The quantitative estimate of drug-likeness (QED) is 0.538. The van der Waals surface area contributed by atoms with Crippen molar-refractivity contribution in [3.63, 3.8) is 0 Å². The van der Waals surface area contributed by atoms with Gasteiger partial charge in [0.15, 0.2) is 0 Å². The van der Waals surface area contributed by atoms with E-state index in [4.69, 9.17) is 0 Å². The highest BCUT2D eigenvalue weighted by molar-refractivity contribution is 7.92. The Kier molecular flexibility index (Phi) is 6.34. The first kappa shape index (κ1) is 22.1. The molecule has 0 spiro atoms. The average Bonchev–Trinajstić information content (AvgIpc) is 2.94. The molecule has 2 aromatic carbocycles. The number of nitrogens with zero attached hydrogens (tertiary/aromatic N) is 1. The number of anilines is 1. The normalized spacial score (nSPS) is 17.0. The lowest BCUT2D eigenvalue weighted by molar-refractivity contribution is -0.117. The van der Waals surface area contributed by atoms with Gasteiger partial charge in [0.2, 0.25) is 10.0 Å². The first-order chi connectivity index (χ1) is 14.1. The summed E-state index contributed by atoms with van der Waals surface area (Å²) in [4.78, 5) is 11.4. The molecule has 0 unspecified atom stereocenters. The Morgan fingerprint density at radius 2 is 1.80 bits per heavy atom. The van der Waals surface area contributed by atoms with Crippen LogP contribution in [0.25, 0.3) is 0 Å². The Hall–Kier alpha value is -2.63. The molecule has 0 bridgehead atoms. The fraction of sp³-hybridized carbons (Fsp3) is 0.316. The molecule has 3 rings (SSSR count). The highest BCUT2D eigenvalue weighted by Gasteiger charge is 2.35. The molecular weight excluding hydrogens is 430 g/mol. The van der Waals surface area contributed by atoms with E-state index in [2.05, 4.69) is 4.72 Å². The minimum absolute atomic E-state index is 0.0224. The monoisotopic (exact) mass is 453 g/mol. The summed E-state index contributed by atoms with van der Waals surface area (Å²) in [6.45, 7) is 1.14. The lowest BCUT2D eigenvalue weighted by atomic mass is 9.99. The van der Waals surface area contributed by atoms with Gasteiger partial charge in [-0.3, -0.25) is 4.79 Å². The molecule has 0 saturated carbocycles. The number of hydrogen-bond donors (Lipinski definition) is 3. The fourth-order valence-corrected chi connectivity index (χ4v) is 5.25. The van der Waals surface area contributed by atoms with Gasteiger partial charge in [-0.05, 0) is 43.0 Å². The number of phenols is 1. The van der Waals surface area contributed by atoms with Crippen LogP contribution in [0.2, 0.25) is 0 Å². The first-order valence-corrected chi connectivity index (χ1v) is 12.4. The van der Waals surface area contributed by atoms with E-state index in [0.29, 0.717) is 12.0 Å². The second kappa shape index (κ2) is 8.62. The Morgan fingerprint density at radius 3 is 2.37 bits per heavy atom. The molecule has 2 aromatic rings. The van der Waals surface area contributed by atoms with Gasteiger partial charge >= 0.3 is 10.2 Å². The minimum atomic E-state index is -4.03. The maximum atomic E-state index is 12.1. The summed E-state index contributed by atoms with van der Waals surface area (Å²) in [7, 11) is -7.49. The Balaban J connectivity index is 1.83. The number of phenolic OH excluding ortho intramolecular Hbond substituents is 1. The summed E-state index contributed by atoms with van der Waals surface area (Å²) in [5.74, 6) is -1.06. The van der Waals surface area contributed by atoms with Crippen LogP contribution in [-0.4, -0.2) is 46.2 Å². The number of rotatable bonds is 8.